The van der Waals surface area contributed by atoms with Crippen LogP contribution in [0.25, 0.3) is 0 Å². The molecule has 1 aliphatic heterocycles. The summed E-state index contributed by atoms with van der Waals surface area (Å²) in [5.74, 6) is -0.745. The van der Waals surface area contributed by atoms with Crippen molar-refractivity contribution in [3.8, 4) is 0 Å². The lowest BCUT2D eigenvalue weighted by Crippen LogP contribution is -2.41. The van der Waals surface area contributed by atoms with Crippen LogP contribution in [-0.2, 0) is 15.0 Å². The summed E-state index contributed by atoms with van der Waals surface area (Å²) in [6.45, 7) is 8.00. The van der Waals surface area contributed by atoms with Gasteiger partial charge < -0.3 is 10.0 Å². The van der Waals surface area contributed by atoms with Crippen LogP contribution in [0.2, 0.25) is 0 Å². The lowest BCUT2D eigenvalue weighted by atomic mass is 9.86. The largest absolute Gasteiger partial charge is 0.480 e. The van der Waals surface area contributed by atoms with E-state index in [2.05, 4.69) is 32.9 Å². The first kappa shape index (κ1) is 15.9. The molecule has 0 saturated carbocycles. The number of nitrogens with zero attached hydrogens (tertiary/aromatic N) is 1. The van der Waals surface area contributed by atoms with Gasteiger partial charge in [-0.2, -0.15) is 0 Å². The highest BCUT2D eigenvalue weighted by molar-refractivity contribution is 8.00. The summed E-state index contributed by atoms with van der Waals surface area (Å²) in [5.41, 5.74) is 2.27. The van der Waals surface area contributed by atoms with Crippen molar-refractivity contribution in [2.24, 2.45) is 0 Å². The van der Waals surface area contributed by atoms with E-state index in [9.17, 15) is 14.7 Å². The molecule has 21 heavy (non-hydrogen) atoms. The van der Waals surface area contributed by atoms with E-state index in [0.717, 1.165) is 5.56 Å². The molecule has 0 spiro atoms. The fraction of sp³-hybridized carbons (Fsp3) is 0.500. The van der Waals surface area contributed by atoms with Crippen molar-refractivity contribution in [3.05, 3.63) is 35.4 Å². The number of hydrogen-bond acceptors (Lipinski definition) is 3. The van der Waals surface area contributed by atoms with Gasteiger partial charge in [0.05, 0.1) is 5.75 Å². The maximum absolute atomic E-state index is 12.0. The summed E-state index contributed by atoms with van der Waals surface area (Å²) >= 11 is 1.48. The van der Waals surface area contributed by atoms with Gasteiger partial charge in [0.2, 0.25) is 5.91 Å². The van der Waals surface area contributed by atoms with E-state index in [4.69, 9.17) is 0 Å². The van der Waals surface area contributed by atoms with E-state index in [0.29, 0.717) is 5.75 Å². The Bertz CT molecular complexity index is 548. The summed E-state index contributed by atoms with van der Waals surface area (Å²) in [7, 11) is 0. The van der Waals surface area contributed by atoms with Crippen LogP contribution >= 0.6 is 11.8 Å². The van der Waals surface area contributed by atoms with Gasteiger partial charge in [-0.3, -0.25) is 4.79 Å². The summed E-state index contributed by atoms with van der Waals surface area (Å²) in [4.78, 5) is 24.6. The van der Waals surface area contributed by atoms with E-state index in [1.807, 2.05) is 12.1 Å². The molecule has 114 valence electrons. The summed E-state index contributed by atoms with van der Waals surface area (Å²) in [5, 5.41) is 8.96. The highest BCUT2D eigenvalue weighted by atomic mass is 32.2. The highest BCUT2D eigenvalue weighted by Crippen LogP contribution is 2.40. The topological polar surface area (TPSA) is 57.6 Å². The van der Waals surface area contributed by atoms with Crippen molar-refractivity contribution in [3.63, 3.8) is 0 Å². The van der Waals surface area contributed by atoms with Crippen LogP contribution in [0.5, 0.6) is 0 Å². The Balaban J connectivity index is 2.28. The van der Waals surface area contributed by atoms with Gasteiger partial charge >= 0.3 is 5.97 Å². The standard InChI is InChI=1S/C16H21NO3S/c1-10(15(19)20)17-13(18)9-21-14(17)11-5-7-12(8-6-11)16(2,3)4/h5-8,10,14H,9H2,1-4H3,(H,19,20)/t10-,14+/m0/s1. The molecule has 0 bridgehead atoms. The number of carbonyl (C=O) groups excluding carboxylic acids is 1. The summed E-state index contributed by atoms with van der Waals surface area (Å²) < 4.78 is 0. The SMILES string of the molecule is C[C@@H](C(=O)O)N1C(=O)CS[C@@H]1c1ccc(C(C)(C)C)cc1. The van der Waals surface area contributed by atoms with Crippen molar-refractivity contribution < 1.29 is 14.7 Å². The molecule has 1 aliphatic rings. The second kappa shape index (κ2) is 5.72. The average Bonchev–Trinajstić information content (AvgIpc) is 2.78. The second-order valence-electron chi connectivity index (χ2n) is 6.35. The smallest absolute Gasteiger partial charge is 0.326 e. The van der Waals surface area contributed by atoms with Crippen molar-refractivity contribution in [1.82, 2.24) is 4.90 Å². The van der Waals surface area contributed by atoms with Gasteiger partial charge in [0, 0.05) is 0 Å². The Morgan fingerprint density at radius 1 is 1.33 bits per heavy atom. The van der Waals surface area contributed by atoms with Crippen LogP contribution in [0.3, 0.4) is 0 Å². The molecular formula is C16H21NO3S. The minimum atomic E-state index is -0.970. The van der Waals surface area contributed by atoms with Crippen LogP contribution < -0.4 is 0 Å². The normalized spacial score (nSPS) is 20.7. The number of carboxylic acid groups (broad SMARTS) is 1. The summed E-state index contributed by atoms with van der Waals surface area (Å²) in [6.07, 6.45) is 0. The highest BCUT2D eigenvalue weighted by Gasteiger charge is 2.38. The van der Waals surface area contributed by atoms with Crippen molar-refractivity contribution in [2.45, 2.75) is 44.5 Å². The number of rotatable bonds is 3. The molecule has 5 heteroatoms. The molecular weight excluding hydrogens is 286 g/mol. The quantitative estimate of drug-likeness (QED) is 0.932. The molecule has 1 heterocycles. The number of carbonyl (C=O) groups is 2. The molecule has 1 saturated heterocycles. The molecule has 1 amide bonds. The predicted molar refractivity (Wildman–Crippen MR) is 84.3 cm³/mol. The molecule has 2 rings (SSSR count). The van der Waals surface area contributed by atoms with Gasteiger partial charge in [0.1, 0.15) is 11.4 Å². The van der Waals surface area contributed by atoms with Crippen molar-refractivity contribution >= 4 is 23.6 Å². The van der Waals surface area contributed by atoms with E-state index >= 15 is 0 Å². The van der Waals surface area contributed by atoms with Crippen LogP contribution in [0.15, 0.2) is 24.3 Å². The molecule has 1 fully saturated rings. The Labute approximate surface area is 129 Å². The van der Waals surface area contributed by atoms with Gasteiger partial charge in [-0.05, 0) is 23.5 Å². The summed E-state index contributed by atoms with van der Waals surface area (Å²) in [6, 6.07) is 7.31. The number of thioether (sulfide) groups is 1. The second-order valence-corrected chi connectivity index (χ2v) is 7.42. The van der Waals surface area contributed by atoms with E-state index < -0.39 is 12.0 Å². The van der Waals surface area contributed by atoms with Gasteiger partial charge in [-0.1, -0.05) is 45.0 Å². The monoisotopic (exact) mass is 307 g/mol. The Hall–Kier alpha value is -1.49. The number of carboxylic acids is 1. The first-order valence-electron chi connectivity index (χ1n) is 6.98. The zero-order valence-electron chi connectivity index (χ0n) is 12.8. The molecule has 1 N–H and O–H groups in total. The minimum Gasteiger partial charge on any atom is -0.480 e. The molecule has 0 aromatic heterocycles. The number of amides is 1. The number of aliphatic carboxylic acids is 1. The number of hydrogen-bond donors (Lipinski definition) is 1. The molecule has 0 unspecified atom stereocenters. The Morgan fingerprint density at radius 3 is 2.38 bits per heavy atom. The van der Waals surface area contributed by atoms with Crippen LogP contribution in [0, 0.1) is 0 Å². The molecule has 1 aromatic rings. The van der Waals surface area contributed by atoms with Crippen molar-refractivity contribution in [1.29, 1.82) is 0 Å². The molecule has 0 radical (unpaired) electrons. The first-order valence-corrected chi connectivity index (χ1v) is 8.02. The van der Waals surface area contributed by atoms with Gasteiger partial charge in [-0.25, -0.2) is 4.79 Å². The van der Waals surface area contributed by atoms with Crippen LogP contribution in [-0.4, -0.2) is 33.7 Å². The molecule has 0 aliphatic carbocycles. The lowest BCUT2D eigenvalue weighted by molar-refractivity contribution is -0.148. The fourth-order valence-corrected chi connectivity index (χ4v) is 3.64. The zero-order valence-corrected chi connectivity index (χ0v) is 13.6. The fourth-order valence-electron chi connectivity index (χ4n) is 2.38. The molecule has 1 aromatic carbocycles. The van der Waals surface area contributed by atoms with Gasteiger partial charge in [-0.15, -0.1) is 11.8 Å². The van der Waals surface area contributed by atoms with E-state index in [1.54, 1.807) is 6.92 Å². The van der Waals surface area contributed by atoms with Crippen LogP contribution in [0.1, 0.15) is 44.2 Å². The Morgan fingerprint density at radius 2 is 1.90 bits per heavy atom. The minimum absolute atomic E-state index is 0.0746. The molecule has 2 atom stereocenters. The predicted octanol–water partition coefficient (Wildman–Crippen LogP) is 3.03. The zero-order chi connectivity index (χ0) is 15.8. The number of benzene rings is 1. The maximum atomic E-state index is 12.0. The van der Waals surface area contributed by atoms with E-state index in [1.165, 1.54) is 22.2 Å². The lowest BCUT2D eigenvalue weighted by Gasteiger charge is -2.28. The third-order valence-corrected chi connectivity index (χ3v) is 4.97. The van der Waals surface area contributed by atoms with Gasteiger partial charge in [0.25, 0.3) is 0 Å². The molecule has 4 nitrogen and oxygen atoms in total. The van der Waals surface area contributed by atoms with Crippen LogP contribution in [0.4, 0.5) is 0 Å². The van der Waals surface area contributed by atoms with E-state index in [-0.39, 0.29) is 16.7 Å². The van der Waals surface area contributed by atoms with Crippen molar-refractivity contribution in [2.75, 3.05) is 5.75 Å². The maximum Gasteiger partial charge on any atom is 0.326 e. The average molecular weight is 307 g/mol. The first-order chi connectivity index (χ1) is 9.71. The third kappa shape index (κ3) is 3.23. The third-order valence-electron chi connectivity index (χ3n) is 3.74. The Kier molecular flexibility index (Phi) is 4.33. The van der Waals surface area contributed by atoms with Gasteiger partial charge in [0.15, 0.2) is 0 Å².